The van der Waals surface area contributed by atoms with E-state index in [4.69, 9.17) is 22.4 Å². The predicted octanol–water partition coefficient (Wildman–Crippen LogP) is 2.35. The second kappa shape index (κ2) is 4.62. The molecular weight excluding hydrogens is 265 g/mol. The average molecular weight is 279 g/mol. The Hall–Kier alpha value is -0.0900. The number of nitrogens with two attached hydrogens (primary N) is 1. The van der Waals surface area contributed by atoms with Gasteiger partial charge in [-0.15, -0.1) is 0 Å². The molecule has 0 radical (unpaired) electrons. The number of hydrogen-bond acceptors (Lipinski definition) is 2. The molecule has 1 atom stereocenters. The van der Waals surface area contributed by atoms with Crippen molar-refractivity contribution < 1.29 is 5.11 Å². The van der Waals surface area contributed by atoms with E-state index in [2.05, 4.69) is 15.9 Å². The van der Waals surface area contributed by atoms with Crippen LogP contribution in [0.3, 0.4) is 0 Å². The van der Waals surface area contributed by atoms with Gasteiger partial charge in [-0.25, -0.2) is 0 Å². The lowest BCUT2D eigenvalue weighted by Crippen LogP contribution is -2.42. The summed E-state index contributed by atoms with van der Waals surface area (Å²) < 4.78 is 0.939. The van der Waals surface area contributed by atoms with Crippen LogP contribution in [0.1, 0.15) is 12.5 Å². The lowest BCUT2D eigenvalue weighted by atomic mass is 9.95. The molecule has 1 aromatic rings. The van der Waals surface area contributed by atoms with Gasteiger partial charge in [-0.3, -0.25) is 0 Å². The fraction of sp³-hybridized carbons (Fsp3) is 0.400. The van der Waals surface area contributed by atoms with Gasteiger partial charge in [0, 0.05) is 15.0 Å². The molecule has 78 valence electrons. The Balaban J connectivity index is 2.87. The zero-order valence-corrected chi connectivity index (χ0v) is 10.3. The van der Waals surface area contributed by atoms with Crippen LogP contribution < -0.4 is 5.73 Å². The second-order valence-corrected chi connectivity index (χ2v) is 5.05. The molecule has 0 aromatic heterocycles. The molecule has 2 nitrogen and oxygen atoms in total. The summed E-state index contributed by atoms with van der Waals surface area (Å²) in [6, 6.07) is 5.65. The third-order valence-corrected chi connectivity index (χ3v) is 2.82. The molecule has 0 saturated heterocycles. The largest absolute Gasteiger partial charge is 0.394 e. The number of aliphatic hydroxyl groups is 1. The minimum absolute atomic E-state index is 0.0562. The SMILES string of the molecule is CC(N)(CO)Cc1ccc(Br)cc1Cl. The molecule has 3 N–H and O–H groups in total. The monoisotopic (exact) mass is 277 g/mol. The Morgan fingerprint density at radius 2 is 2.21 bits per heavy atom. The molecule has 0 aliphatic rings. The Labute approximate surface area is 97.2 Å². The molecule has 1 unspecified atom stereocenters. The van der Waals surface area contributed by atoms with E-state index in [1.807, 2.05) is 18.2 Å². The molecular formula is C10H13BrClNO. The quantitative estimate of drug-likeness (QED) is 0.891. The number of rotatable bonds is 3. The molecule has 0 fully saturated rings. The van der Waals surface area contributed by atoms with Gasteiger partial charge in [0.05, 0.1) is 6.61 Å². The van der Waals surface area contributed by atoms with Crippen LogP contribution >= 0.6 is 27.5 Å². The highest BCUT2D eigenvalue weighted by Gasteiger charge is 2.18. The van der Waals surface area contributed by atoms with Crippen molar-refractivity contribution in [3.05, 3.63) is 33.3 Å². The van der Waals surface area contributed by atoms with Gasteiger partial charge in [0.25, 0.3) is 0 Å². The molecule has 1 aromatic carbocycles. The van der Waals surface area contributed by atoms with Crippen molar-refractivity contribution in [3.8, 4) is 0 Å². The van der Waals surface area contributed by atoms with Crippen molar-refractivity contribution in [2.45, 2.75) is 18.9 Å². The molecule has 4 heteroatoms. The van der Waals surface area contributed by atoms with E-state index in [9.17, 15) is 0 Å². The maximum Gasteiger partial charge on any atom is 0.0611 e. The Bertz CT molecular complexity index is 328. The van der Waals surface area contributed by atoms with Gasteiger partial charge >= 0.3 is 0 Å². The lowest BCUT2D eigenvalue weighted by Gasteiger charge is -2.22. The maximum absolute atomic E-state index is 9.02. The van der Waals surface area contributed by atoms with Gasteiger partial charge < -0.3 is 10.8 Å². The van der Waals surface area contributed by atoms with Crippen LogP contribution in [-0.2, 0) is 6.42 Å². The third kappa shape index (κ3) is 3.24. The van der Waals surface area contributed by atoms with Gasteiger partial charge in [0.2, 0.25) is 0 Å². The standard InChI is InChI=1S/C10H13BrClNO/c1-10(13,6-14)5-7-2-3-8(11)4-9(7)12/h2-4,14H,5-6,13H2,1H3. The van der Waals surface area contributed by atoms with E-state index < -0.39 is 5.54 Å². The van der Waals surface area contributed by atoms with E-state index >= 15 is 0 Å². The van der Waals surface area contributed by atoms with E-state index in [0.717, 1.165) is 10.0 Å². The summed E-state index contributed by atoms with van der Waals surface area (Å²) in [6.07, 6.45) is 0.565. The highest BCUT2D eigenvalue weighted by Crippen LogP contribution is 2.24. The summed E-state index contributed by atoms with van der Waals surface area (Å²) in [5.41, 5.74) is 6.17. The normalized spacial score (nSPS) is 15.2. The topological polar surface area (TPSA) is 46.2 Å². The predicted molar refractivity (Wildman–Crippen MR) is 62.5 cm³/mol. The molecule has 0 saturated carbocycles. The first kappa shape index (κ1) is 12.0. The van der Waals surface area contributed by atoms with Crippen LogP contribution in [-0.4, -0.2) is 17.3 Å². The summed E-state index contributed by atoms with van der Waals surface area (Å²) in [6.45, 7) is 1.74. The maximum atomic E-state index is 9.02. The second-order valence-electron chi connectivity index (χ2n) is 3.72. The fourth-order valence-electron chi connectivity index (χ4n) is 1.16. The summed E-state index contributed by atoms with van der Waals surface area (Å²) in [7, 11) is 0. The van der Waals surface area contributed by atoms with E-state index in [1.54, 1.807) is 6.92 Å². The van der Waals surface area contributed by atoms with Crippen LogP contribution in [0, 0.1) is 0 Å². The van der Waals surface area contributed by atoms with E-state index in [-0.39, 0.29) is 6.61 Å². The molecule has 0 bridgehead atoms. The number of benzene rings is 1. The fourth-order valence-corrected chi connectivity index (χ4v) is 1.90. The molecule has 0 heterocycles. The Morgan fingerprint density at radius 3 is 2.71 bits per heavy atom. The molecule has 0 amide bonds. The number of halogens is 2. The molecule has 0 spiro atoms. The van der Waals surface area contributed by atoms with Gasteiger partial charge in [0.1, 0.15) is 0 Å². The summed E-state index contributed by atoms with van der Waals surface area (Å²) >= 11 is 9.35. The van der Waals surface area contributed by atoms with Crippen LogP contribution in [0.5, 0.6) is 0 Å². The zero-order chi connectivity index (χ0) is 10.8. The highest BCUT2D eigenvalue weighted by molar-refractivity contribution is 9.10. The highest BCUT2D eigenvalue weighted by atomic mass is 79.9. The van der Waals surface area contributed by atoms with Crippen LogP contribution in [0.15, 0.2) is 22.7 Å². The Morgan fingerprint density at radius 1 is 1.57 bits per heavy atom. The third-order valence-electron chi connectivity index (χ3n) is 1.97. The van der Waals surface area contributed by atoms with Crippen molar-refractivity contribution in [1.29, 1.82) is 0 Å². The van der Waals surface area contributed by atoms with Gasteiger partial charge in [0.15, 0.2) is 0 Å². The van der Waals surface area contributed by atoms with Crippen molar-refractivity contribution >= 4 is 27.5 Å². The molecule has 1 rings (SSSR count). The lowest BCUT2D eigenvalue weighted by molar-refractivity contribution is 0.208. The average Bonchev–Trinajstić information content (AvgIpc) is 2.10. The van der Waals surface area contributed by atoms with Gasteiger partial charge in [-0.05, 0) is 31.0 Å². The Kier molecular flexibility index (Phi) is 3.95. The van der Waals surface area contributed by atoms with Crippen LogP contribution in [0.25, 0.3) is 0 Å². The first-order chi connectivity index (χ1) is 6.44. The first-order valence-corrected chi connectivity index (χ1v) is 5.45. The van der Waals surface area contributed by atoms with Crippen molar-refractivity contribution in [1.82, 2.24) is 0 Å². The van der Waals surface area contributed by atoms with Crippen LogP contribution in [0.4, 0.5) is 0 Å². The van der Waals surface area contributed by atoms with E-state index in [0.29, 0.717) is 11.4 Å². The molecule has 14 heavy (non-hydrogen) atoms. The molecule has 0 aliphatic heterocycles. The minimum Gasteiger partial charge on any atom is -0.394 e. The summed E-state index contributed by atoms with van der Waals surface area (Å²) in [5, 5.41) is 9.69. The van der Waals surface area contributed by atoms with Crippen molar-refractivity contribution in [2.75, 3.05) is 6.61 Å². The number of hydrogen-bond donors (Lipinski definition) is 2. The summed E-state index contributed by atoms with van der Waals surface area (Å²) in [5.74, 6) is 0. The van der Waals surface area contributed by atoms with Gasteiger partial charge in [-0.1, -0.05) is 33.6 Å². The molecule has 0 aliphatic carbocycles. The minimum atomic E-state index is -0.614. The van der Waals surface area contributed by atoms with Gasteiger partial charge in [-0.2, -0.15) is 0 Å². The first-order valence-electron chi connectivity index (χ1n) is 4.28. The zero-order valence-electron chi connectivity index (χ0n) is 7.93. The van der Waals surface area contributed by atoms with Crippen molar-refractivity contribution in [3.63, 3.8) is 0 Å². The van der Waals surface area contributed by atoms with Crippen molar-refractivity contribution in [2.24, 2.45) is 5.73 Å². The number of aliphatic hydroxyl groups excluding tert-OH is 1. The smallest absolute Gasteiger partial charge is 0.0611 e. The summed E-state index contributed by atoms with van der Waals surface area (Å²) in [4.78, 5) is 0. The van der Waals surface area contributed by atoms with E-state index in [1.165, 1.54) is 0 Å². The van der Waals surface area contributed by atoms with Crippen LogP contribution in [0.2, 0.25) is 5.02 Å².